The number of hydrogen-bond donors (Lipinski definition) is 0. The first kappa shape index (κ1) is 14.0. The number of carbonyl (C=O) groups is 1. The van der Waals surface area contributed by atoms with E-state index in [1.54, 1.807) is 6.08 Å². The Balaban J connectivity index is 2.64. The van der Waals surface area contributed by atoms with Gasteiger partial charge in [-0.2, -0.15) is 0 Å². The molecule has 0 aromatic rings. The Morgan fingerprint density at radius 3 is 2.65 bits per heavy atom. The first-order chi connectivity index (χ1) is 8.01. The minimum absolute atomic E-state index is 0.0450. The van der Waals surface area contributed by atoms with Gasteiger partial charge in [-0.05, 0) is 37.5 Å². The van der Waals surface area contributed by atoms with E-state index in [4.69, 9.17) is 9.47 Å². The number of aldehydes is 1. The zero-order valence-electron chi connectivity index (χ0n) is 11.1. The van der Waals surface area contributed by atoms with E-state index in [1.165, 1.54) is 0 Å². The van der Waals surface area contributed by atoms with Crippen LogP contribution in [0.3, 0.4) is 0 Å². The van der Waals surface area contributed by atoms with E-state index >= 15 is 0 Å². The molecule has 0 saturated heterocycles. The van der Waals surface area contributed by atoms with Crippen LogP contribution in [0.25, 0.3) is 0 Å². The van der Waals surface area contributed by atoms with Gasteiger partial charge in [0.15, 0.2) is 0 Å². The third-order valence-electron chi connectivity index (χ3n) is 2.28. The lowest BCUT2D eigenvalue weighted by molar-refractivity contribution is -0.105. The monoisotopic (exact) mass is 238 g/mol. The van der Waals surface area contributed by atoms with Crippen molar-refractivity contribution in [1.29, 1.82) is 0 Å². The van der Waals surface area contributed by atoms with Crippen LogP contribution < -0.4 is 0 Å². The van der Waals surface area contributed by atoms with E-state index in [1.807, 2.05) is 19.9 Å². The summed E-state index contributed by atoms with van der Waals surface area (Å²) in [7, 11) is 0. The van der Waals surface area contributed by atoms with Gasteiger partial charge >= 0.3 is 0 Å². The van der Waals surface area contributed by atoms with Crippen molar-refractivity contribution in [2.75, 3.05) is 6.61 Å². The van der Waals surface area contributed by atoms with Crippen LogP contribution in [-0.2, 0) is 14.3 Å². The summed E-state index contributed by atoms with van der Waals surface area (Å²) in [6.45, 7) is 8.84. The fourth-order valence-electron chi connectivity index (χ4n) is 1.61. The van der Waals surface area contributed by atoms with E-state index in [0.29, 0.717) is 18.9 Å². The predicted octanol–water partition coefficient (Wildman–Crippen LogP) is 2.87. The van der Waals surface area contributed by atoms with Gasteiger partial charge in [-0.1, -0.05) is 13.8 Å². The molecule has 1 unspecified atom stereocenters. The topological polar surface area (TPSA) is 35.5 Å². The third kappa shape index (κ3) is 5.18. The molecule has 0 radical (unpaired) electrons. The molecule has 0 spiro atoms. The summed E-state index contributed by atoms with van der Waals surface area (Å²) in [4.78, 5) is 10.9. The van der Waals surface area contributed by atoms with Crippen molar-refractivity contribution in [2.45, 2.75) is 46.3 Å². The van der Waals surface area contributed by atoms with Crippen molar-refractivity contribution in [3.63, 3.8) is 0 Å². The van der Waals surface area contributed by atoms with Gasteiger partial charge in [0.05, 0.1) is 12.2 Å². The van der Waals surface area contributed by atoms with Crippen LogP contribution in [0.4, 0.5) is 0 Å². The van der Waals surface area contributed by atoms with Crippen LogP contribution in [0.5, 0.6) is 0 Å². The molecule has 0 N–H and O–H groups in total. The molecule has 1 aliphatic rings. The fourth-order valence-corrected chi connectivity index (χ4v) is 1.61. The maximum atomic E-state index is 10.9. The van der Waals surface area contributed by atoms with Crippen LogP contribution in [0, 0.1) is 5.92 Å². The molecular formula is C14H22O3. The SMILES string of the molecule is CC(C)COC1C=C(OC(C)C)C=C(C=O)C1. The highest BCUT2D eigenvalue weighted by molar-refractivity contribution is 5.74. The van der Waals surface area contributed by atoms with E-state index in [-0.39, 0.29) is 12.2 Å². The Bertz CT molecular complexity index is 313. The van der Waals surface area contributed by atoms with Crippen molar-refractivity contribution >= 4 is 6.29 Å². The van der Waals surface area contributed by atoms with Gasteiger partial charge in [0.2, 0.25) is 0 Å². The van der Waals surface area contributed by atoms with Crippen LogP contribution in [0.15, 0.2) is 23.5 Å². The maximum absolute atomic E-state index is 10.9. The molecule has 0 amide bonds. The standard InChI is InChI=1S/C14H22O3/c1-10(2)9-16-13-5-12(8-15)6-14(7-13)17-11(3)4/h6-8,10-11,13H,5,9H2,1-4H3. The normalized spacial score (nSPS) is 20.2. The number of carbonyl (C=O) groups excluding carboxylic acids is 1. The van der Waals surface area contributed by atoms with E-state index in [0.717, 1.165) is 17.6 Å². The minimum atomic E-state index is -0.0450. The third-order valence-corrected chi connectivity index (χ3v) is 2.28. The molecule has 17 heavy (non-hydrogen) atoms. The Labute approximate surface area is 103 Å². The smallest absolute Gasteiger partial charge is 0.146 e. The zero-order valence-corrected chi connectivity index (χ0v) is 11.1. The van der Waals surface area contributed by atoms with Crippen molar-refractivity contribution in [3.8, 4) is 0 Å². The van der Waals surface area contributed by atoms with Crippen LogP contribution in [0.2, 0.25) is 0 Å². The van der Waals surface area contributed by atoms with E-state index in [9.17, 15) is 4.79 Å². The summed E-state index contributed by atoms with van der Waals surface area (Å²) >= 11 is 0. The molecule has 0 heterocycles. The quantitative estimate of drug-likeness (QED) is 0.667. The van der Waals surface area contributed by atoms with Gasteiger partial charge in [-0.15, -0.1) is 0 Å². The summed E-state index contributed by atoms with van der Waals surface area (Å²) in [6, 6.07) is 0. The Morgan fingerprint density at radius 2 is 2.12 bits per heavy atom. The van der Waals surface area contributed by atoms with Crippen LogP contribution in [-0.4, -0.2) is 25.1 Å². The van der Waals surface area contributed by atoms with Gasteiger partial charge in [0.25, 0.3) is 0 Å². The fraction of sp³-hybridized carbons (Fsp3) is 0.643. The summed E-state index contributed by atoms with van der Waals surface area (Å²) in [5.74, 6) is 1.23. The molecule has 1 atom stereocenters. The number of hydrogen-bond acceptors (Lipinski definition) is 3. The highest BCUT2D eigenvalue weighted by Crippen LogP contribution is 2.21. The molecule has 1 aliphatic carbocycles. The average Bonchev–Trinajstić information content (AvgIpc) is 2.25. The molecule has 0 fully saturated rings. The Hall–Kier alpha value is -1.09. The van der Waals surface area contributed by atoms with Crippen molar-refractivity contribution in [2.24, 2.45) is 5.92 Å². The zero-order chi connectivity index (χ0) is 12.8. The summed E-state index contributed by atoms with van der Waals surface area (Å²) in [6.07, 6.45) is 5.33. The molecule has 1 rings (SSSR count). The first-order valence-corrected chi connectivity index (χ1v) is 6.17. The van der Waals surface area contributed by atoms with Crippen molar-refractivity contribution < 1.29 is 14.3 Å². The van der Waals surface area contributed by atoms with E-state index < -0.39 is 0 Å². The summed E-state index contributed by atoms with van der Waals surface area (Å²) < 4.78 is 11.3. The van der Waals surface area contributed by atoms with Gasteiger partial charge in [0.1, 0.15) is 12.0 Å². The lowest BCUT2D eigenvalue weighted by Crippen LogP contribution is -2.19. The molecule has 0 saturated carbocycles. The molecule has 0 bridgehead atoms. The second-order valence-corrected chi connectivity index (χ2v) is 5.04. The van der Waals surface area contributed by atoms with Gasteiger partial charge in [0, 0.05) is 13.0 Å². The summed E-state index contributed by atoms with van der Waals surface area (Å²) in [5.41, 5.74) is 0.733. The largest absolute Gasteiger partial charge is 0.491 e. The number of allylic oxidation sites excluding steroid dienone is 1. The second-order valence-electron chi connectivity index (χ2n) is 5.04. The highest BCUT2D eigenvalue weighted by atomic mass is 16.5. The molecule has 3 nitrogen and oxygen atoms in total. The van der Waals surface area contributed by atoms with Crippen molar-refractivity contribution in [3.05, 3.63) is 23.5 Å². The Morgan fingerprint density at radius 1 is 1.41 bits per heavy atom. The van der Waals surface area contributed by atoms with Crippen LogP contribution >= 0.6 is 0 Å². The van der Waals surface area contributed by atoms with E-state index in [2.05, 4.69) is 13.8 Å². The predicted molar refractivity (Wildman–Crippen MR) is 67.6 cm³/mol. The number of ether oxygens (including phenoxy) is 2. The molecule has 3 heteroatoms. The molecule has 0 aromatic heterocycles. The minimum Gasteiger partial charge on any atom is -0.491 e. The molecule has 0 aliphatic heterocycles. The lowest BCUT2D eigenvalue weighted by Gasteiger charge is -2.22. The molecule has 0 aromatic carbocycles. The maximum Gasteiger partial charge on any atom is 0.146 e. The Kier molecular flexibility index (Phi) is 5.42. The van der Waals surface area contributed by atoms with Crippen molar-refractivity contribution in [1.82, 2.24) is 0 Å². The first-order valence-electron chi connectivity index (χ1n) is 6.17. The molecular weight excluding hydrogens is 216 g/mol. The number of rotatable bonds is 6. The van der Waals surface area contributed by atoms with Gasteiger partial charge in [-0.25, -0.2) is 0 Å². The second kappa shape index (κ2) is 6.60. The lowest BCUT2D eigenvalue weighted by atomic mass is 10.0. The van der Waals surface area contributed by atoms with Gasteiger partial charge in [-0.3, -0.25) is 4.79 Å². The van der Waals surface area contributed by atoms with Gasteiger partial charge < -0.3 is 9.47 Å². The van der Waals surface area contributed by atoms with Crippen LogP contribution in [0.1, 0.15) is 34.1 Å². The molecule has 96 valence electrons. The average molecular weight is 238 g/mol. The summed E-state index contributed by atoms with van der Waals surface area (Å²) in [5, 5.41) is 0. The highest BCUT2D eigenvalue weighted by Gasteiger charge is 2.17.